The summed E-state index contributed by atoms with van der Waals surface area (Å²) in [5.74, 6) is -1.39. The van der Waals surface area contributed by atoms with Crippen LogP contribution in [0.1, 0.15) is 28.9 Å². The van der Waals surface area contributed by atoms with Crippen LogP contribution in [-0.4, -0.2) is 54.6 Å². The van der Waals surface area contributed by atoms with Gasteiger partial charge in [0.15, 0.2) is 0 Å². The van der Waals surface area contributed by atoms with Gasteiger partial charge in [0.05, 0.1) is 0 Å². The topological polar surface area (TPSA) is 101 Å². The van der Waals surface area contributed by atoms with Gasteiger partial charge >= 0.3 is 5.97 Å². The molecule has 1 atom stereocenters. The van der Waals surface area contributed by atoms with E-state index >= 15 is 0 Å². The smallest absolute Gasteiger partial charge is 0.326 e. The fraction of sp³-hybridized carbons (Fsp3) is 0.417. The molecule has 2 rings (SSSR count). The Morgan fingerprint density at radius 1 is 1.35 bits per heavy atom. The van der Waals surface area contributed by atoms with Crippen molar-refractivity contribution >= 4 is 17.7 Å². The summed E-state index contributed by atoms with van der Waals surface area (Å²) in [4.78, 5) is 32.4. The maximum atomic E-state index is 12.2. The average molecular weight is 277 g/mol. The van der Waals surface area contributed by atoms with Gasteiger partial charge in [-0.1, -0.05) is 0 Å². The number of amides is 1. The second kappa shape index (κ2) is 4.87. The average Bonchev–Trinajstić information content (AvgIpc) is 2.79. The third-order valence-electron chi connectivity index (χ3n) is 3.07. The van der Waals surface area contributed by atoms with Crippen LogP contribution in [0, 0.1) is 13.8 Å². The molecule has 0 aliphatic heterocycles. The lowest BCUT2D eigenvalue weighted by Crippen LogP contribution is -2.40. The van der Waals surface area contributed by atoms with Crippen molar-refractivity contribution in [2.24, 2.45) is 0 Å². The van der Waals surface area contributed by atoms with Crippen LogP contribution in [0.2, 0.25) is 0 Å². The summed E-state index contributed by atoms with van der Waals surface area (Å²) < 4.78 is 1.46. The van der Waals surface area contributed by atoms with Crippen LogP contribution in [0.5, 0.6) is 0 Å². The van der Waals surface area contributed by atoms with Crippen LogP contribution in [-0.2, 0) is 4.79 Å². The number of aromatic nitrogens is 4. The number of carbonyl (C=O) groups excluding carboxylic acids is 1. The number of likely N-dealkylation sites (N-methyl/N-ethyl adjacent to an activating group) is 1. The Kier molecular flexibility index (Phi) is 3.39. The molecule has 106 valence electrons. The monoisotopic (exact) mass is 277 g/mol. The molecule has 0 fully saturated rings. The minimum atomic E-state index is -1.09. The highest BCUT2D eigenvalue weighted by Gasteiger charge is 2.26. The van der Waals surface area contributed by atoms with Gasteiger partial charge in [-0.15, -0.1) is 5.10 Å². The standard InChI is InChI=1S/C12H15N5O3/c1-6-5-7(2)17-12(13-6)14-9(15-17)10(18)16(4)8(3)11(19)20/h5,8H,1-4H3,(H,19,20). The first-order chi connectivity index (χ1) is 9.31. The SMILES string of the molecule is Cc1cc(C)n2nc(C(=O)N(C)C(C)C(=O)O)nc2n1. The van der Waals surface area contributed by atoms with Crippen molar-refractivity contribution < 1.29 is 14.7 Å². The number of carboxylic acid groups (broad SMARTS) is 1. The Morgan fingerprint density at radius 2 is 2.00 bits per heavy atom. The van der Waals surface area contributed by atoms with E-state index in [2.05, 4.69) is 15.1 Å². The molecule has 8 nitrogen and oxygen atoms in total. The lowest BCUT2D eigenvalue weighted by molar-refractivity contribution is -0.141. The maximum absolute atomic E-state index is 12.2. The van der Waals surface area contributed by atoms with Gasteiger partial charge in [-0.05, 0) is 26.8 Å². The van der Waals surface area contributed by atoms with Crippen LogP contribution in [0.3, 0.4) is 0 Å². The molecule has 8 heteroatoms. The molecule has 0 saturated carbocycles. The summed E-state index contributed by atoms with van der Waals surface area (Å²) in [7, 11) is 1.40. The number of carbonyl (C=O) groups is 2. The molecule has 0 bridgehead atoms. The fourth-order valence-corrected chi connectivity index (χ4v) is 1.76. The molecule has 0 radical (unpaired) electrons. The van der Waals surface area contributed by atoms with Gasteiger partial charge in [-0.2, -0.15) is 4.98 Å². The number of hydrogen-bond acceptors (Lipinski definition) is 5. The molecule has 2 aromatic heterocycles. The summed E-state index contributed by atoms with van der Waals surface area (Å²) in [6.45, 7) is 5.07. The van der Waals surface area contributed by atoms with Crippen molar-refractivity contribution in [3.8, 4) is 0 Å². The fourth-order valence-electron chi connectivity index (χ4n) is 1.76. The minimum absolute atomic E-state index is 0.0678. The Bertz CT molecular complexity index is 694. The second-order valence-corrected chi connectivity index (χ2v) is 4.62. The molecule has 2 aromatic rings. The first-order valence-corrected chi connectivity index (χ1v) is 6.02. The maximum Gasteiger partial charge on any atom is 0.326 e. The number of hydrogen-bond donors (Lipinski definition) is 1. The molecule has 1 amide bonds. The van der Waals surface area contributed by atoms with Gasteiger partial charge < -0.3 is 10.0 Å². The van der Waals surface area contributed by atoms with Crippen molar-refractivity contribution in [3.05, 3.63) is 23.3 Å². The summed E-state index contributed by atoms with van der Waals surface area (Å²) in [5.41, 5.74) is 1.57. The van der Waals surface area contributed by atoms with E-state index in [9.17, 15) is 9.59 Å². The molecule has 1 N–H and O–H groups in total. The number of carboxylic acids is 1. The van der Waals surface area contributed by atoms with Crippen LogP contribution in [0.15, 0.2) is 6.07 Å². The number of fused-ring (bicyclic) bond motifs is 1. The predicted molar refractivity (Wildman–Crippen MR) is 69.4 cm³/mol. The largest absolute Gasteiger partial charge is 0.480 e. The van der Waals surface area contributed by atoms with Crippen molar-refractivity contribution in [1.82, 2.24) is 24.5 Å². The predicted octanol–water partition coefficient (Wildman–Crippen LogP) is 0.286. The van der Waals surface area contributed by atoms with Crippen molar-refractivity contribution in [2.45, 2.75) is 26.8 Å². The van der Waals surface area contributed by atoms with Crippen molar-refractivity contribution in [2.75, 3.05) is 7.05 Å². The van der Waals surface area contributed by atoms with Crippen LogP contribution < -0.4 is 0 Å². The molecule has 2 heterocycles. The summed E-state index contributed by atoms with van der Waals surface area (Å²) >= 11 is 0. The molecule has 0 aromatic carbocycles. The van der Waals surface area contributed by atoms with Gasteiger partial charge in [-0.3, -0.25) is 4.79 Å². The highest BCUT2D eigenvalue weighted by Crippen LogP contribution is 2.08. The first-order valence-electron chi connectivity index (χ1n) is 6.02. The Hall–Kier alpha value is -2.51. The molecule has 20 heavy (non-hydrogen) atoms. The lowest BCUT2D eigenvalue weighted by atomic mass is 10.3. The Morgan fingerprint density at radius 3 is 2.60 bits per heavy atom. The van der Waals surface area contributed by atoms with Gasteiger partial charge in [0, 0.05) is 18.4 Å². The van der Waals surface area contributed by atoms with E-state index in [0.717, 1.165) is 16.3 Å². The number of nitrogens with zero attached hydrogens (tertiary/aromatic N) is 5. The molecule has 0 aliphatic carbocycles. The zero-order valence-electron chi connectivity index (χ0n) is 11.7. The summed E-state index contributed by atoms with van der Waals surface area (Å²) in [5, 5.41) is 13.0. The Labute approximate surface area is 115 Å². The highest BCUT2D eigenvalue weighted by atomic mass is 16.4. The zero-order valence-corrected chi connectivity index (χ0v) is 11.7. The van der Waals surface area contributed by atoms with E-state index in [1.807, 2.05) is 19.9 Å². The molecule has 1 unspecified atom stereocenters. The number of aryl methyl sites for hydroxylation is 2. The molecular formula is C12H15N5O3. The second-order valence-electron chi connectivity index (χ2n) is 4.62. The number of aliphatic carboxylic acids is 1. The van der Waals surface area contributed by atoms with Crippen LogP contribution in [0.25, 0.3) is 5.78 Å². The minimum Gasteiger partial charge on any atom is -0.480 e. The van der Waals surface area contributed by atoms with E-state index in [1.165, 1.54) is 18.5 Å². The molecule has 0 aliphatic rings. The summed E-state index contributed by atoms with van der Waals surface area (Å²) in [6, 6.07) is 0.865. The molecule has 0 saturated heterocycles. The van der Waals surface area contributed by atoms with E-state index < -0.39 is 17.9 Å². The third-order valence-corrected chi connectivity index (χ3v) is 3.07. The van der Waals surface area contributed by atoms with Crippen LogP contribution in [0.4, 0.5) is 0 Å². The lowest BCUT2D eigenvalue weighted by Gasteiger charge is -2.19. The first kappa shape index (κ1) is 13.9. The highest BCUT2D eigenvalue weighted by molar-refractivity contribution is 5.93. The quantitative estimate of drug-likeness (QED) is 0.865. The van der Waals surface area contributed by atoms with E-state index in [0.29, 0.717) is 5.78 Å². The molecular weight excluding hydrogens is 262 g/mol. The van der Waals surface area contributed by atoms with Crippen LogP contribution >= 0.6 is 0 Å². The third kappa shape index (κ3) is 2.31. The normalized spacial score (nSPS) is 12.4. The van der Waals surface area contributed by atoms with Gasteiger partial charge in [0.2, 0.25) is 5.82 Å². The summed E-state index contributed by atoms with van der Waals surface area (Å²) in [6.07, 6.45) is 0. The zero-order chi connectivity index (χ0) is 15.0. The Balaban J connectivity index is 2.41. The molecule has 0 spiro atoms. The number of rotatable bonds is 3. The van der Waals surface area contributed by atoms with Gasteiger partial charge in [0.25, 0.3) is 11.7 Å². The van der Waals surface area contributed by atoms with Crippen molar-refractivity contribution in [1.29, 1.82) is 0 Å². The van der Waals surface area contributed by atoms with Gasteiger partial charge in [-0.25, -0.2) is 14.3 Å². The van der Waals surface area contributed by atoms with Gasteiger partial charge in [0.1, 0.15) is 6.04 Å². The van der Waals surface area contributed by atoms with E-state index in [-0.39, 0.29) is 5.82 Å². The van der Waals surface area contributed by atoms with E-state index in [4.69, 9.17) is 5.11 Å². The van der Waals surface area contributed by atoms with Crippen molar-refractivity contribution in [3.63, 3.8) is 0 Å². The van der Waals surface area contributed by atoms with E-state index in [1.54, 1.807) is 0 Å².